The molecule has 1 heterocycles. The number of azo groups is 1. The molecule has 9 heteroatoms. The Morgan fingerprint density at radius 2 is 0.952 bits per heavy atom. The van der Waals surface area contributed by atoms with Gasteiger partial charge < -0.3 is 20.3 Å². The fraction of sp³-hybridized carbons (Fsp3) is 0.208. The summed E-state index contributed by atoms with van der Waals surface area (Å²) in [6.07, 6.45) is 2.08. The predicted molar refractivity (Wildman–Crippen MR) is 257 cm³/mol. The summed E-state index contributed by atoms with van der Waals surface area (Å²) in [5.74, 6) is 0. The normalized spacial score (nSPS) is 11.7. The summed E-state index contributed by atoms with van der Waals surface area (Å²) in [5.41, 5.74) is 19.4. The maximum absolute atomic E-state index is 7.37. The summed E-state index contributed by atoms with van der Waals surface area (Å²) >= 11 is 0. The second kappa shape index (κ2) is 19.1. The van der Waals surface area contributed by atoms with Crippen LogP contribution in [0.2, 0.25) is 0 Å². The number of nitrogens with zero attached hydrogens (tertiary/aromatic N) is 7. The summed E-state index contributed by atoms with van der Waals surface area (Å²) in [6, 6.07) is 58.6. The lowest BCUT2D eigenvalue weighted by molar-refractivity contribution is 0.118. The van der Waals surface area contributed by atoms with E-state index in [-0.39, 0.29) is 5.41 Å². The van der Waals surface area contributed by atoms with Crippen molar-refractivity contribution in [2.24, 2.45) is 15.6 Å². The van der Waals surface area contributed by atoms with E-state index in [2.05, 4.69) is 183 Å². The van der Waals surface area contributed by atoms with Gasteiger partial charge in [-0.1, -0.05) is 131 Å². The highest BCUT2D eigenvalue weighted by molar-refractivity contribution is 6.12. The molecular weight excluding hydrogens is 765 g/mol. The zero-order chi connectivity index (χ0) is 42.9. The lowest BCUT2D eigenvalue weighted by Crippen LogP contribution is -2.09. The average molecular weight is 819 g/mol. The van der Waals surface area contributed by atoms with E-state index in [1.54, 1.807) is 4.80 Å². The largest absolute Gasteiger partial charge is 0.396 e. The molecule has 0 bridgehead atoms. The predicted octanol–water partition coefficient (Wildman–Crippen LogP) is 14.2. The average Bonchev–Trinajstić information content (AvgIpc) is 3.71. The number of benzene rings is 7. The second-order valence-electron chi connectivity index (χ2n) is 16.5. The molecule has 2 N–H and O–H groups in total. The van der Waals surface area contributed by atoms with Gasteiger partial charge in [-0.25, -0.2) is 0 Å². The number of unbranched alkanes of at least 4 members (excludes halogenated alkanes) is 1. The topological polar surface area (TPSA) is 97.2 Å². The fourth-order valence-corrected chi connectivity index (χ4v) is 7.52. The first-order valence-electron chi connectivity index (χ1n) is 21.5. The van der Waals surface area contributed by atoms with Gasteiger partial charge in [0, 0.05) is 51.9 Å². The number of para-hydroxylation sites is 4. The molecule has 7 aromatic carbocycles. The van der Waals surface area contributed by atoms with E-state index in [9.17, 15) is 0 Å². The number of rotatable bonds is 16. The van der Waals surface area contributed by atoms with E-state index >= 15 is 0 Å². The molecule has 0 atom stereocenters. The zero-order valence-electron chi connectivity index (χ0n) is 36.0. The van der Waals surface area contributed by atoms with Crippen LogP contribution in [0.5, 0.6) is 0 Å². The first kappa shape index (κ1) is 41.6. The number of fused-ring (bicyclic) bond motifs is 1. The van der Waals surface area contributed by atoms with Gasteiger partial charge >= 0.3 is 0 Å². The smallest absolute Gasteiger partial charge is 0.124 e. The molecule has 0 spiro atoms. The lowest BCUT2D eigenvalue weighted by atomic mass is 9.93. The van der Waals surface area contributed by atoms with Crippen molar-refractivity contribution in [1.29, 1.82) is 0 Å². The van der Waals surface area contributed by atoms with Crippen LogP contribution in [-0.4, -0.2) is 34.8 Å². The second-order valence-corrected chi connectivity index (χ2v) is 16.5. The van der Waals surface area contributed by atoms with Crippen LogP contribution >= 0.6 is 0 Å². The molecule has 0 radical (unpaired) electrons. The van der Waals surface area contributed by atoms with Gasteiger partial charge in [0.1, 0.15) is 16.7 Å². The van der Waals surface area contributed by atoms with Crippen LogP contribution in [0, 0.1) is 5.41 Å². The van der Waals surface area contributed by atoms with Gasteiger partial charge in [-0.3, -0.25) is 0 Å². The first-order chi connectivity index (χ1) is 30.3. The minimum atomic E-state index is -0.0779. The van der Waals surface area contributed by atoms with Crippen molar-refractivity contribution in [2.45, 2.75) is 47.1 Å². The molecule has 62 heavy (non-hydrogen) atoms. The van der Waals surface area contributed by atoms with Gasteiger partial charge in [0.2, 0.25) is 0 Å². The van der Waals surface area contributed by atoms with Crippen molar-refractivity contribution in [3.8, 4) is 22.3 Å². The molecule has 0 unspecified atom stereocenters. The molecule has 0 amide bonds. The van der Waals surface area contributed by atoms with E-state index in [1.807, 2.05) is 24.3 Å². The van der Waals surface area contributed by atoms with E-state index in [1.165, 1.54) is 0 Å². The van der Waals surface area contributed by atoms with Crippen LogP contribution in [0.1, 0.15) is 40.5 Å². The summed E-state index contributed by atoms with van der Waals surface area (Å²) in [5, 5.41) is 20.1. The highest BCUT2D eigenvalue weighted by Gasteiger charge is 2.26. The van der Waals surface area contributed by atoms with E-state index in [0.717, 1.165) is 69.2 Å². The molecule has 8 rings (SSSR count). The Labute approximate surface area is 365 Å². The number of anilines is 7. The molecule has 0 aliphatic rings. The summed E-state index contributed by atoms with van der Waals surface area (Å²) in [6.45, 7) is 10.8. The van der Waals surface area contributed by atoms with Crippen LogP contribution < -0.4 is 15.5 Å². The zero-order valence-corrected chi connectivity index (χ0v) is 36.0. The maximum atomic E-state index is 7.37. The number of aromatic nitrogens is 3. The third-order valence-electron chi connectivity index (χ3n) is 10.6. The molecule has 0 saturated heterocycles. The summed E-state index contributed by atoms with van der Waals surface area (Å²) in [4.78, 5) is 6.23. The van der Waals surface area contributed by atoms with Gasteiger partial charge in [-0.05, 0) is 95.8 Å². The quantitative estimate of drug-likeness (QED) is 0.0592. The van der Waals surface area contributed by atoms with Gasteiger partial charge in [0.05, 0.1) is 25.4 Å². The van der Waals surface area contributed by atoms with Crippen molar-refractivity contribution in [3.63, 3.8) is 0 Å². The molecule has 1 aromatic heterocycles. The molecule has 0 aliphatic carbocycles. The lowest BCUT2D eigenvalue weighted by Gasteiger charge is -2.26. The van der Waals surface area contributed by atoms with Gasteiger partial charge in [-0.2, -0.15) is 25.2 Å². The van der Waals surface area contributed by atoms with Gasteiger partial charge in [0.25, 0.3) is 0 Å². The molecule has 312 valence electrons. The number of ether oxygens (including phenoxy) is 1. The monoisotopic (exact) mass is 818 g/mol. The van der Waals surface area contributed by atoms with Crippen LogP contribution in [0.15, 0.2) is 180 Å². The minimum Gasteiger partial charge on any atom is -0.396 e. The van der Waals surface area contributed by atoms with Gasteiger partial charge in [0.15, 0.2) is 0 Å². The first-order valence-corrected chi connectivity index (χ1v) is 21.5. The number of hydrogen-bond acceptors (Lipinski definition) is 8. The minimum absolute atomic E-state index is 0.0779. The molecule has 0 fully saturated rings. The van der Waals surface area contributed by atoms with Crippen molar-refractivity contribution in [3.05, 3.63) is 170 Å². The molecule has 0 saturated carbocycles. The van der Waals surface area contributed by atoms with Crippen molar-refractivity contribution >= 4 is 56.5 Å². The van der Waals surface area contributed by atoms with E-state index in [4.69, 9.17) is 30.9 Å². The third-order valence-corrected chi connectivity index (χ3v) is 10.6. The molecule has 0 aliphatic heterocycles. The Morgan fingerprint density at radius 1 is 0.548 bits per heavy atom. The number of nitrogens with two attached hydrogens (primary N) is 1. The van der Waals surface area contributed by atoms with Crippen LogP contribution in [-0.2, 0) is 11.3 Å². The summed E-state index contributed by atoms with van der Waals surface area (Å²) in [7, 11) is 0. The Balaban J connectivity index is 1.28. The summed E-state index contributed by atoms with van der Waals surface area (Å²) < 4.78 is 5.98. The molecular formula is C53H54N8O. The van der Waals surface area contributed by atoms with Crippen molar-refractivity contribution in [1.82, 2.24) is 15.0 Å². The molecule has 8 aromatic rings. The highest BCUT2D eigenvalue weighted by Crippen LogP contribution is 2.48. The standard InChI is InChI=1S/C53H54N8O/c1-5-6-36-62-37-35-59-57-51-47(39-27-31-45(32-28-39)60(41-19-11-7-12-20-41)42-21-13-8-14-22-42)49(54)50(56-55-38-53(2,3)4)48(52(51)58-59)40-29-33-46(34-30-40)61(43-23-15-9-16-24-43)44-25-17-10-18-26-44/h7-34H,5-6,35-38,54H2,1-4H3/b56-55+. The van der Waals surface area contributed by atoms with Crippen molar-refractivity contribution < 1.29 is 4.74 Å². The Bertz CT molecular complexity index is 2620. The Kier molecular flexibility index (Phi) is 12.8. The third kappa shape index (κ3) is 9.43. The number of nitrogen functional groups attached to an aromatic ring is 1. The van der Waals surface area contributed by atoms with Gasteiger partial charge in [-0.15, -0.1) is 0 Å². The van der Waals surface area contributed by atoms with E-state index in [0.29, 0.717) is 48.7 Å². The van der Waals surface area contributed by atoms with Crippen LogP contribution in [0.25, 0.3) is 33.3 Å². The van der Waals surface area contributed by atoms with Crippen molar-refractivity contribution in [2.75, 3.05) is 35.3 Å². The Morgan fingerprint density at radius 3 is 1.37 bits per heavy atom. The molecule has 9 nitrogen and oxygen atoms in total. The maximum Gasteiger partial charge on any atom is 0.124 e. The highest BCUT2D eigenvalue weighted by atomic mass is 16.5. The van der Waals surface area contributed by atoms with Crippen LogP contribution in [0.4, 0.5) is 45.5 Å². The SMILES string of the molecule is CCCCOCCn1nc2c(-c3ccc(N(c4ccccc4)c4ccccc4)cc3)c(N)c(/N=N/CC(C)(C)C)c(-c3ccc(N(c4ccccc4)c4ccccc4)cc3)c2n1. The van der Waals surface area contributed by atoms with E-state index < -0.39 is 0 Å². The Hall–Kier alpha value is -7.10. The fourth-order valence-electron chi connectivity index (χ4n) is 7.52. The number of hydrogen-bond donors (Lipinski definition) is 1. The van der Waals surface area contributed by atoms with Crippen LogP contribution in [0.3, 0.4) is 0 Å².